The van der Waals surface area contributed by atoms with Crippen molar-refractivity contribution in [3.05, 3.63) is 113 Å². The highest BCUT2D eigenvalue weighted by atomic mass is 79.9. The van der Waals surface area contributed by atoms with Gasteiger partial charge in [0.05, 0.1) is 11.4 Å². The zero-order valence-electron chi connectivity index (χ0n) is 20.0. The van der Waals surface area contributed by atoms with E-state index in [0.717, 1.165) is 9.37 Å². The molecule has 38 heavy (non-hydrogen) atoms. The number of carbonyl (C=O) groups is 2. The highest BCUT2D eigenvalue weighted by molar-refractivity contribution is 9.10. The minimum atomic E-state index is -0.596. The first-order valence-electron chi connectivity index (χ1n) is 11.6. The van der Waals surface area contributed by atoms with Gasteiger partial charge >= 0.3 is 0 Å². The first-order chi connectivity index (χ1) is 18.5. The number of thioether (sulfide) groups is 1. The Balaban J connectivity index is 1.48. The van der Waals surface area contributed by atoms with Crippen molar-refractivity contribution in [2.45, 2.75) is 16.7 Å². The number of carbonyl (C=O) groups excluding carboxylic acids is 2. The number of nitrogens with zero attached hydrogens (tertiary/aromatic N) is 2. The Morgan fingerprint density at radius 2 is 1.45 bits per heavy atom. The fourth-order valence-corrected chi connectivity index (χ4v) is 4.59. The number of hydrogen-bond donors (Lipinski definition) is 4. The summed E-state index contributed by atoms with van der Waals surface area (Å²) in [7, 11) is 0. The molecule has 0 saturated heterocycles. The Labute approximate surface area is 232 Å². The second-order valence-electron chi connectivity index (χ2n) is 8.01. The molecule has 0 aliphatic rings. The Morgan fingerprint density at radius 3 is 2.16 bits per heavy atom. The molecule has 0 fully saturated rings. The number of aromatic hydroxyl groups is 1. The second-order valence-corrected chi connectivity index (χ2v) is 10.1. The third-order valence-corrected chi connectivity index (χ3v) is 6.80. The Bertz CT molecular complexity index is 1400. The number of anilines is 1. The number of rotatable bonds is 10. The number of hydrazine groups is 1. The first-order valence-corrected chi connectivity index (χ1v) is 13.2. The molecule has 2 amide bonds. The maximum Gasteiger partial charge on any atom is 0.243 e. The molecular formula is C28H24BrN5O3S. The van der Waals surface area contributed by atoms with E-state index in [1.807, 2.05) is 60.7 Å². The number of halogens is 1. The summed E-state index contributed by atoms with van der Waals surface area (Å²) in [6, 6.07) is 30.7. The van der Waals surface area contributed by atoms with Crippen LogP contribution in [0.5, 0.6) is 5.75 Å². The van der Waals surface area contributed by atoms with Crippen LogP contribution in [0.2, 0.25) is 0 Å². The van der Waals surface area contributed by atoms with E-state index in [1.54, 1.807) is 36.4 Å². The molecule has 1 atom stereocenters. The lowest BCUT2D eigenvalue weighted by Gasteiger charge is -2.20. The van der Waals surface area contributed by atoms with Gasteiger partial charge < -0.3 is 10.4 Å². The molecule has 0 heterocycles. The zero-order valence-corrected chi connectivity index (χ0v) is 22.4. The number of benzene rings is 4. The van der Waals surface area contributed by atoms with Crippen LogP contribution in [0.1, 0.15) is 17.4 Å². The van der Waals surface area contributed by atoms with Crippen molar-refractivity contribution in [1.29, 1.82) is 0 Å². The van der Waals surface area contributed by atoms with Crippen LogP contribution in [-0.2, 0) is 9.59 Å². The van der Waals surface area contributed by atoms with Gasteiger partial charge in [0.1, 0.15) is 17.5 Å². The average molecular weight is 591 g/mol. The Hall–Kier alpha value is -3.99. The van der Waals surface area contributed by atoms with Crippen LogP contribution in [0.15, 0.2) is 123 Å². The third kappa shape index (κ3) is 8.27. The number of phenolic OH excluding ortho intramolecular Hbond substituents is 1. The van der Waals surface area contributed by atoms with E-state index in [1.165, 1.54) is 17.8 Å². The lowest BCUT2D eigenvalue weighted by molar-refractivity contribution is -0.127. The largest absolute Gasteiger partial charge is 0.508 e. The van der Waals surface area contributed by atoms with Gasteiger partial charge in [-0.2, -0.15) is 10.2 Å². The SMILES string of the molecule is O=C(CC(=O)Nc1ccccc1)NN[C@H](Sc1ccccc1)c1cc(N=Nc2ccc(Br)cc2)ccc1O. The maximum absolute atomic E-state index is 12.5. The van der Waals surface area contributed by atoms with Gasteiger partial charge in [0, 0.05) is 20.6 Å². The normalized spacial score (nSPS) is 11.7. The van der Waals surface area contributed by atoms with Crippen LogP contribution in [0, 0.1) is 0 Å². The molecule has 4 N–H and O–H groups in total. The van der Waals surface area contributed by atoms with Gasteiger partial charge in [0.2, 0.25) is 11.8 Å². The Kier molecular flexibility index (Phi) is 9.63. The molecule has 8 nitrogen and oxygen atoms in total. The molecule has 0 unspecified atom stereocenters. The number of azo groups is 1. The number of para-hydroxylation sites is 1. The van der Waals surface area contributed by atoms with E-state index in [0.29, 0.717) is 22.6 Å². The monoisotopic (exact) mass is 589 g/mol. The van der Waals surface area contributed by atoms with Gasteiger partial charge in [-0.15, -0.1) is 11.8 Å². The average Bonchev–Trinajstić information content (AvgIpc) is 2.92. The number of phenols is 1. The highest BCUT2D eigenvalue weighted by Crippen LogP contribution is 2.38. The first kappa shape index (κ1) is 27.1. The lowest BCUT2D eigenvalue weighted by atomic mass is 10.2. The van der Waals surface area contributed by atoms with Crippen LogP contribution >= 0.6 is 27.7 Å². The predicted octanol–water partition coefficient (Wildman–Crippen LogP) is 7.01. The molecule has 0 aromatic heterocycles. The summed E-state index contributed by atoms with van der Waals surface area (Å²) in [5, 5.41) is 21.3. The summed E-state index contributed by atoms with van der Waals surface area (Å²) in [5.41, 5.74) is 7.83. The van der Waals surface area contributed by atoms with Crippen LogP contribution in [-0.4, -0.2) is 16.9 Å². The molecule has 4 aromatic carbocycles. The molecule has 4 aromatic rings. The molecule has 10 heteroatoms. The van der Waals surface area contributed by atoms with E-state index in [-0.39, 0.29) is 12.2 Å². The van der Waals surface area contributed by atoms with Gasteiger partial charge in [-0.1, -0.05) is 52.3 Å². The molecule has 0 aliphatic carbocycles. The highest BCUT2D eigenvalue weighted by Gasteiger charge is 2.19. The van der Waals surface area contributed by atoms with E-state index in [2.05, 4.69) is 42.3 Å². The summed E-state index contributed by atoms with van der Waals surface area (Å²) in [6.45, 7) is 0. The second kappa shape index (κ2) is 13.5. The van der Waals surface area contributed by atoms with Crippen molar-refractivity contribution in [3.63, 3.8) is 0 Å². The van der Waals surface area contributed by atoms with E-state index in [9.17, 15) is 14.7 Å². The van der Waals surface area contributed by atoms with Gasteiger partial charge in [-0.3, -0.25) is 15.0 Å². The topological polar surface area (TPSA) is 115 Å². The quantitative estimate of drug-likeness (QED) is 0.0522. The Morgan fingerprint density at radius 1 is 0.816 bits per heavy atom. The molecule has 4 rings (SSSR count). The van der Waals surface area contributed by atoms with Crippen LogP contribution < -0.4 is 16.2 Å². The lowest BCUT2D eigenvalue weighted by Crippen LogP contribution is -2.40. The van der Waals surface area contributed by atoms with E-state index in [4.69, 9.17) is 0 Å². The molecule has 192 valence electrons. The van der Waals surface area contributed by atoms with Crippen molar-refractivity contribution in [2.75, 3.05) is 5.32 Å². The van der Waals surface area contributed by atoms with Crippen molar-refractivity contribution < 1.29 is 14.7 Å². The van der Waals surface area contributed by atoms with Crippen molar-refractivity contribution in [3.8, 4) is 5.75 Å². The number of amides is 2. The molecular weight excluding hydrogens is 566 g/mol. The summed E-state index contributed by atoms with van der Waals surface area (Å²) in [6.07, 6.45) is -0.377. The molecule has 0 bridgehead atoms. The van der Waals surface area contributed by atoms with Crippen LogP contribution in [0.25, 0.3) is 0 Å². The van der Waals surface area contributed by atoms with Crippen LogP contribution in [0.4, 0.5) is 17.1 Å². The predicted molar refractivity (Wildman–Crippen MR) is 152 cm³/mol. The van der Waals surface area contributed by atoms with Gasteiger partial charge in [-0.25, -0.2) is 5.43 Å². The van der Waals surface area contributed by atoms with Gasteiger partial charge in [0.15, 0.2) is 0 Å². The van der Waals surface area contributed by atoms with Crippen molar-refractivity contribution in [2.24, 2.45) is 10.2 Å². The number of nitrogens with one attached hydrogen (secondary N) is 3. The van der Waals surface area contributed by atoms with Gasteiger partial charge in [-0.05, 0) is 66.7 Å². The van der Waals surface area contributed by atoms with Crippen LogP contribution in [0.3, 0.4) is 0 Å². The smallest absolute Gasteiger partial charge is 0.243 e. The summed E-state index contributed by atoms with van der Waals surface area (Å²) >= 11 is 4.77. The number of hydrogen-bond acceptors (Lipinski definition) is 7. The van der Waals surface area contributed by atoms with Gasteiger partial charge in [0.25, 0.3) is 0 Å². The van der Waals surface area contributed by atoms with E-state index >= 15 is 0 Å². The van der Waals surface area contributed by atoms with Crippen molar-refractivity contribution >= 4 is 56.6 Å². The zero-order chi connectivity index (χ0) is 26.7. The minimum absolute atomic E-state index is 0.0181. The minimum Gasteiger partial charge on any atom is -0.508 e. The van der Waals surface area contributed by atoms with E-state index < -0.39 is 17.2 Å². The standard InChI is InChI=1S/C28H24BrN5O3S/c29-19-11-13-21(14-12-19)31-32-22-15-16-25(35)24(17-22)28(38-23-9-5-2-6-10-23)34-33-27(37)18-26(36)30-20-7-3-1-4-8-20/h1-17,28,34-35H,18H2,(H,30,36)(H,33,37)/t28-/m1/s1. The van der Waals surface area contributed by atoms with Crippen molar-refractivity contribution in [1.82, 2.24) is 10.9 Å². The third-order valence-electron chi connectivity index (χ3n) is 5.12. The molecule has 0 saturated carbocycles. The maximum atomic E-state index is 12.5. The molecule has 0 radical (unpaired) electrons. The fourth-order valence-electron chi connectivity index (χ4n) is 3.31. The molecule has 0 spiro atoms. The summed E-state index contributed by atoms with van der Waals surface area (Å²) in [5.74, 6) is -0.951. The fraction of sp³-hybridized carbons (Fsp3) is 0.0714. The summed E-state index contributed by atoms with van der Waals surface area (Å²) in [4.78, 5) is 25.7. The molecule has 0 aliphatic heterocycles. The summed E-state index contributed by atoms with van der Waals surface area (Å²) < 4.78 is 0.940.